The molecule has 80 valence electrons. The number of nitriles is 1. The van der Waals surface area contributed by atoms with Crippen molar-refractivity contribution in [1.82, 2.24) is 0 Å². The summed E-state index contributed by atoms with van der Waals surface area (Å²) < 4.78 is 14.3. The third-order valence-electron chi connectivity index (χ3n) is 2.64. The highest BCUT2D eigenvalue weighted by Gasteiger charge is 2.24. The van der Waals surface area contributed by atoms with Gasteiger partial charge in [0, 0.05) is 4.47 Å². The minimum atomic E-state index is -0.666. The van der Waals surface area contributed by atoms with Gasteiger partial charge in [0.2, 0.25) is 0 Å². The Labute approximate surface area is 98.0 Å². The Hall–Kier alpha value is -0.880. The van der Waals surface area contributed by atoms with Gasteiger partial charge in [-0.2, -0.15) is 5.26 Å². The van der Waals surface area contributed by atoms with Gasteiger partial charge in [-0.05, 0) is 50.5 Å². The van der Waals surface area contributed by atoms with Gasteiger partial charge in [-0.1, -0.05) is 15.9 Å². The zero-order valence-electron chi connectivity index (χ0n) is 9.28. The van der Waals surface area contributed by atoms with Crippen LogP contribution in [0.3, 0.4) is 0 Å². The van der Waals surface area contributed by atoms with Crippen molar-refractivity contribution in [2.75, 3.05) is 0 Å². The van der Waals surface area contributed by atoms with Gasteiger partial charge in [0.15, 0.2) is 0 Å². The molecule has 1 rings (SSSR count). The number of nitrogens with zero attached hydrogens (tertiary/aromatic N) is 1. The molecule has 0 saturated heterocycles. The number of halogens is 2. The van der Waals surface area contributed by atoms with Crippen LogP contribution in [0.4, 0.5) is 4.39 Å². The first-order valence-corrected chi connectivity index (χ1v) is 5.47. The summed E-state index contributed by atoms with van der Waals surface area (Å²) in [5, 5.41) is 9.04. The van der Waals surface area contributed by atoms with Crippen molar-refractivity contribution in [2.45, 2.75) is 33.1 Å². The van der Waals surface area contributed by atoms with E-state index in [0.29, 0.717) is 5.56 Å². The Bertz CT molecular complexity index is 444. The number of hydrogen-bond acceptors (Lipinski definition) is 1. The van der Waals surface area contributed by atoms with E-state index in [1.54, 1.807) is 20.8 Å². The molecule has 0 bridgehead atoms. The van der Waals surface area contributed by atoms with Crippen LogP contribution in [-0.2, 0) is 5.41 Å². The Morgan fingerprint density at radius 1 is 1.33 bits per heavy atom. The molecule has 3 heteroatoms. The molecule has 0 heterocycles. The normalized spacial score (nSPS) is 11.3. The Balaban J connectivity index is 3.54. The summed E-state index contributed by atoms with van der Waals surface area (Å²) in [6.45, 7) is 7.19. The molecule has 0 aliphatic rings. The van der Waals surface area contributed by atoms with E-state index < -0.39 is 5.41 Å². The van der Waals surface area contributed by atoms with Gasteiger partial charge in [0.25, 0.3) is 0 Å². The maximum absolute atomic E-state index is 13.5. The van der Waals surface area contributed by atoms with Gasteiger partial charge in [-0.15, -0.1) is 0 Å². The second-order valence-electron chi connectivity index (χ2n) is 4.21. The summed E-state index contributed by atoms with van der Waals surface area (Å²) in [4.78, 5) is 0. The highest BCUT2D eigenvalue weighted by molar-refractivity contribution is 9.10. The van der Waals surface area contributed by atoms with Crippen LogP contribution < -0.4 is 0 Å². The fourth-order valence-corrected chi connectivity index (χ4v) is 1.96. The van der Waals surface area contributed by atoms with Crippen molar-refractivity contribution in [2.24, 2.45) is 0 Å². The molecule has 0 spiro atoms. The van der Waals surface area contributed by atoms with E-state index in [-0.39, 0.29) is 5.82 Å². The van der Waals surface area contributed by atoms with E-state index in [0.717, 1.165) is 15.6 Å². The van der Waals surface area contributed by atoms with E-state index in [4.69, 9.17) is 5.26 Å². The van der Waals surface area contributed by atoms with Crippen molar-refractivity contribution >= 4 is 15.9 Å². The molecule has 0 unspecified atom stereocenters. The lowest BCUT2D eigenvalue weighted by Gasteiger charge is -2.20. The maximum atomic E-state index is 13.5. The van der Waals surface area contributed by atoms with Crippen LogP contribution in [0.25, 0.3) is 0 Å². The van der Waals surface area contributed by atoms with Crippen LogP contribution >= 0.6 is 15.9 Å². The van der Waals surface area contributed by atoms with Gasteiger partial charge in [-0.25, -0.2) is 4.39 Å². The zero-order chi connectivity index (χ0) is 11.8. The smallest absolute Gasteiger partial charge is 0.127 e. The van der Waals surface area contributed by atoms with Crippen LogP contribution in [0.2, 0.25) is 0 Å². The minimum Gasteiger partial charge on any atom is -0.207 e. The van der Waals surface area contributed by atoms with Gasteiger partial charge >= 0.3 is 0 Å². The quantitative estimate of drug-likeness (QED) is 0.756. The molecule has 0 atom stereocenters. The molecule has 1 aromatic carbocycles. The molecule has 0 radical (unpaired) electrons. The average Bonchev–Trinajstić information content (AvgIpc) is 2.20. The Morgan fingerprint density at radius 3 is 2.33 bits per heavy atom. The number of rotatable bonds is 1. The van der Waals surface area contributed by atoms with Crippen molar-refractivity contribution < 1.29 is 4.39 Å². The van der Waals surface area contributed by atoms with Crippen LogP contribution in [0.15, 0.2) is 10.5 Å². The summed E-state index contributed by atoms with van der Waals surface area (Å²) in [5.74, 6) is -0.272. The second kappa shape index (κ2) is 3.94. The SMILES string of the molecule is Cc1c(F)cc(C(C)(C)C#N)c(C)c1Br. The first kappa shape index (κ1) is 12.2. The van der Waals surface area contributed by atoms with E-state index in [1.807, 2.05) is 6.92 Å². The van der Waals surface area contributed by atoms with Gasteiger partial charge in [-0.3, -0.25) is 0 Å². The molecule has 0 aliphatic carbocycles. The molecule has 0 saturated carbocycles. The summed E-state index contributed by atoms with van der Waals surface area (Å²) in [7, 11) is 0. The van der Waals surface area contributed by atoms with Crippen molar-refractivity contribution in [3.63, 3.8) is 0 Å². The molecule has 1 nitrogen and oxygen atoms in total. The molecule has 15 heavy (non-hydrogen) atoms. The van der Waals surface area contributed by atoms with Crippen LogP contribution in [0.5, 0.6) is 0 Å². The lowest BCUT2D eigenvalue weighted by atomic mass is 9.83. The lowest BCUT2D eigenvalue weighted by molar-refractivity contribution is 0.600. The predicted molar refractivity (Wildman–Crippen MR) is 62.2 cm³/mol. The van der Waals surface area contributed by atoms with Crippen LogP contribution in [-0.4, -0.2) is 0 Å². The highest BCUT2D eigenvalue weighted by Crippen LogP contribution is 2.33. The predicted octanol–water partition coefficient (Wildman–Crippen LogP) is 4.01. The molecular weight excluding hydrogens is 257 g/mol. The first-order chi connectivity index (χ1) is 6.81. The lowest BCUT2D eigenvalue weighted by Crippen LogP contribution is -2.16. The van der Waals surface area contributed by atoms with Crippen molar-refractivity contribution in [3.8, 4) is 6.07 Å². The maximum Gasteiger partial charge on any atom is 0.127 e. The zero-order valence-corrected chi connectivity index (χ0v) is 10.9. The Morgan fingerprint density at radius 2 is 1.87 bits per heavy atom. The van der Waals surface area contributed by atoms with E-state index in [2.05, 4.69) is 22.0 Å². The molecule has 0 aromatic heterocycles. The summed E-state index contributed by atoms with van der Waals surface area (Å²) in [6, 6.07) is 3.64. The monoisotopic (exact) mass is 269 g/mol. The summed E-state index contributed by atoms with van der Waals surface area (Å²) in [6.07, 6.45) is 0. The highest BCUT2D eigenvalue weighted by atomic mass is 79.9. The van der Waals surface area contributed by atoms with E-state index in [1.165, 1.54) is 6.07 Å². The topological polar surface area (TPSA) is 23.8 Å². The number of benzene rings is 1. The second-order valence-corrected chi connectivity index (χ2v) is 5.00. The molecule has 0 aliphatic heterocycles. The summed E-state index contributed by atoms with van der Waals surface area (Å²) >= 11 is 3.35. The third kappa shape index (κ3) is 2.05. The first-order valence-electron chi connectivity index (χ1n) is 4.68. The van der Waals surface area contributed by atoms with Gasteiger partial charge in [0.1, 0.15) is 5.82 Å². The van der Waals surface area contributed by atoms with Crippen LogP contribution in [0.1, 0.15) is 30.5 Å². The van der Waals surface area contributed by atoms with Crippen LogP contribution in [0, 0.1) is 31.0 Å². The van der Waals surface area contributed by atoms with Crippen molar-refractivity contribution in [1.29, 1.82) is 5.26 Å². The summed E-state index contributed by atoms with van der Waals surface area (Å²) in [5.41, 5.74) is 1.59. The number of hydrogen-bond donors (Lipinski definition) is 0. The average molecular weight is 270 g/mol. The van der Waals surface area contributed by atoms with Gasteiger partial charge < -0.3 is 0 Å². The fraction of sp³-hybridized carbons (Fsp3) is 0.417. The molecule has 0 amide bonds. The van der Waals surface area contributed by atoms with E-state index >= 15 is 0 Å². The van der Waals surface area contributed by atoms with E-state index in [9.17, 15) is 4.39 Å². The minimum absolute atomic E-state index is 0.272. The molecular formula is C12H13BrFN. The molecule has 1 aromatic rings. The van der Waals surface area contributed by atoms with Crippen molar-refractivity contribution in [3.05, 3.63) is 33.0 Å². The fourth-order valence-electron chi connectivity index (χ4n) is 1.56. The molecule has 0 fully saturated rings. The van der Waals surface area contributed by atoms with Gasteiger partial charge in [0.05, 0.1) is 11.5 Å². The largest absolute Gasteiger partial charge is 0.207 e. The molecule has 0 N–H and O–H groups in total. The Kier molecular flexibility index (Phi) is 3.20. The standard InChI is InChI=1S/C12H13BrFN/c1-7-9(12(3,4)6-15)5-10(14)8(2)11(7)13/h5H,1-4H3. The third-order valence-corrected chi connectivity index (χ3v) is 3.83.